The highest BCUT2D eigenvalue weighted by atomic mass is 79.9. The molecule has 2 aromatic rings. The van der Waals surface area contributed by atoms with Gasteiger partial charge in [-0.25, -0.2) is 0 Å². The number of rotatable bonds is 4. The van der Waals surface area contributed by atoms with E-state index < -0.39 is 0 Å². The van der Waals surface area contributed by atoms with E-state index in [0.717, 1.165) is 21.5 Å². The van der Waals surface area contributed by atoms with E-state index in [1.54, 1.807) is 13.2 Å². The Balaban J connectivity index is 2.14. The Labute approximate surface area is 121 Å². The average Bonchev–Trinajstić information content (AvgIpc) is 2.45. The van der Waals surface area contributed by atoms with Crippen LogP contribution in [0.3, 0.4) is 0 Å². The van der Waals surface area contributed by atoms with Gasteiger partial charge in [-0.05, 0) is 35.9 Å². The molecule has 1 N–H and O–H groups in total. The van der Waals surface area contributed by atoms with Gasteiger partial charge < -0.3 is 10.1 Å². The van der Waals surface area contributed by atoms with E-state index in [9.17, 15) is 0 Å². The zero-order chi connectivity index (χ0) is 13.7. The molecule has 19 heavy (non-hydrogen) atoms. The van der Waals surface area contributed by atoms with Gasteiger partial charge in [0.2, 0.25) is 0 Å². The number of benzene rings is 2. The van der Waals surface area contributed by atoms with Crippen LogP contribution in [0.15, 0.2) is 46.9 Å². The summed E-state index contributed by atoms with van der Waals surface area (Å²) >= 11 is 3.41. The number of nitrogens with one attached hydrogen (secondary N) is 1. The van der Waals surface area contributed by atoms with Crippen LogP contribution >= 0.6 is 15.9 Å². The molecule has 0 saturated heterocycles. The molecule has 0 bridgehead atoms. The summed E-state index contributed by atoms with van der Waals surface area (Å²) in [6, 6.07) is 15.6. The lowest BCUT2D eigenvalue weighted by atomic mass is 10.1. The number of halogens is 1. The fourth-order valence-electron chi connectivity index (χ4n) is 1.74. The second-order valence-electron chi connectivity index (χ2n) is 4.01. The zero-order valence-corrected chi connectivity index (χ0v) is 12.1. The van der Waals surface area contributed by atoms with Gasteiger partial charge in [0.1, 0.15) is 11.8 Å². The number of methoxy groups -OCH3 is 1. The SMILES string of the molecule is COc1cccc(CNc2cc(Br)ccc2C#N)c1. The van der Waals surface area contributed by atoms with Crippen molar-refractivity contribution in [1.82, 2.24) is 0 Å². The molecule has 96 valence electrons. The topological polar surface area (TPSA) is 45.0 Å². The van der Waals surface area contributed by atoms with Crippen LogP contribution in [0.5, 0.6) is 5.75 Å². The van der Waals surface area contributed by atoms with Gasteiger partial charge in [-0.1, -0.05) is 28.1 Å². The van der Waals surface area contributed by atoms with Crippen molar-refractivity contribution in [3.63, 3.8) is 0 Å². The highest BCUT2D eigenvalue weighted by molar-refractivity contribution is 9.10. The van der Waals surface area contributed by atoms with Crippen molar-refractivity contribution in [2.24, 2.45) is 0 Å². The molecule has 2 aromatic carbocycles. The third-order valence-electron chi connectivity index (χ3n) is 2.72. The van der Waals surface area contributed by atoms with Crippen molar-refractivity contribution in [2.45, 2.75) is 6.54 Å². The lowest BCUT2D eigenvalue weighted by molar-refractivity contribution is 0.414. The van der Waals surface area contributed by atoms with Gasteiger partial charge in [0, 0.05) is 11.0 Å². The van der Waals surface area contributed by atoms with E-state index in [2.05, 4.69) is 27.3 Å². The fourth-order valence-corrected chi connectivity index (χ4v) is 2.10. The van der Waals surface area contributed by atoms with Gasteiger partial charge >= 0.3 is 0 Å². The quantitative estimate of drug-likeness (QED) is 0.929. The van der Waals surface area contributed by atoms with Crippen LogP contribution < -0.4 is 10.1 Å². The lowest BCUT2D eigenvalue weighted by Crippen LogP contribution is -2.01. The summed E-state index contributed by atoms with van der Waals surface area (Å²) in [5.74, 6) is 0.828. The van der Waals surface area contributed by atoms with Crippen LogP contribution in [0.25, 0.3) is 0 Å². The van der Waals surface area contributed by atoms with Gasteiger partial charge in [0.25, 0.3) is 0 Å². The largest absolute Gasteiger partial charge is 0.497 e. The van der Waals surface area contributed by atoms with Gasteiger partial charge in [-0.15, -0.1) is 0 Å². The molecule has 0 aliphatic carbocycles. The molecule has 3 nitrogen and oxygen atoms in total. The smallest absolute Gasteiger partial charge is 0.119 e. The fraction of sp³-hybridized carbons (Fsp3) is 0.133. The molecule has 4 heteroatoms. The summed E-state index contributed by atoms with van der Waals surface area (Å²) in [5, 5.41) is 12.3. The molecule has 0 spiro atoms. The Morgan fingerprint density at radius 3 is 2.84 bits per heavy atom. The van der Waals surface area contributed by atoms with Gasteiger partial charge in [-0.3, -0.25) is 0 Å². The first-order chi connectivity index (χ1) is 9.22. The van der Waals surface area contributed by atoms with Crippen molar-refractivity contribution in [1.29, 1.82) is 5.26 Å². The van der Waals surface area contributed by atoms with Gasteiger partial charge in [0.15, 0.2) is 0 Å². The van der Waals surface area contributed by atoms with Crippen LogP contribution in [0.4, 0.5) is 5.69 Å². The number of nitrogens with zero attached hydrogens (tertiary/aromatic N) is 1. The molecule has 0 unspecified atom stereocenters. The van der Waals surface area contributed by atoms with Crippen molar-refractivity contribution in [2.75, 3.05) is 12.4 Å². The first-order valence-electron chi connectivity index (χ1n) is 5.79. The predicted molar refractivity (Wildman–Crippen MR) is 79.2 cm³/mol. The monoisotopic (exact) mass is 316 g/mol. The molecule has 0 radical (unpaired) electrons. The molecular weight excluding hydrogens is 304 g/mol. The normalized spacial score (nSPS) is 9.74. The highest BCUT2D eigenvalue weighted by Gasteiger charge is 2.03. The first kappa shape index (κ1) is 13.4. The van der Waals surface area contributed by atoms with Crippen molar-refractivity contribution in [3.05, 3.63) is 58.1 Å². The molecule has 0 heterocycles. The van der Waals surface area contributed by atoms with E-state index in [1.165, 1.54) is 0 Å². The summed E-state index contributed by atoms with van der Waals surface area (Å²) in [6.45, 7) is 0.641. The Kier molecular flexibility index (Phi) is 4.43. The molecule has 0 fully saturated rings. The zero-order valence-electron chi connectivity index (χ0n) is 10.5. The van der Waals surface area contributed by atoms with Crippen LogP contribution in [-0.2, 0) is 6.54 Å². The van der Waals surface area contributed by atoms with Crippen molar-refractivity contribution >= 4 is 21.6 Å². The maximum atomic E-state index is 9.06. The van der Waals surface area contributed by atoms with Crippen LogP contribution in [0.1, 0.15) is 11.1 Å². The number of nitriles is 1. The van der Waals surface area contributed by atoms with E-state index in [-0.39, 0.29) is 0 Å². The highest BCUT2D eigenvalue weighted by Crippen LogP contribution is 2.22. The molecule has 0 amide bonds. The van der Waals surface area contributed by atoms with Crippen molar-refractivity contribution < 1.29 is 4.74 Å². The minimum Gasteiger partial charge on any atom is -0.497 e. The number of hydrogen-bond donors (Lipinski definition) is 1. The number of anilines is 1. The molecular formula is C15H13BrN2O. The van der Waals surface area contributed by atoms with Crippen LogP contribution in [0.2, 0.25) is 0 Å². The average molecular weight is 317 g/mol. The summed E-state index contributed by atoms with van der Waals surface area (Å²) in [7, 11) is 1.65. The first-order valence-corrected chi connectivity index (χ1v) is 6.58. The van der Waals surface area contributed by atoms with E-state index >= 15 is 0 Å². The summed E-state index contributed by atoms with van der Waals surface area (Å²) in [5.41, 5.74) is 2.55. The molecule has 0 aromatic heterocycles. The Morgan fingerprint density at radius 1 is 1.26 bits per heavy atom. The minimum atomic E-state index is 0.631. The predicted octanol–water partition coefficient (Wildman–Crippen LogP) is 3.94. The third kappa shape index (κ3) is 3.49. The summed E-state index contributed by atoms with van der Waals surface area (Å²) < 4.78 is 6.13. The van der Waals surface area contributed by atoms with Gasteiger partial charge in [-0.2, -0.15) is 5.26 Å². The summed E-state index contributed by atoms with van der Waals surface area (Å²) in [4.78, 5) is 0. The molecule has 0 aliphatic rings. The number of hydrogen-bond acceptors (Lipinski definition) is 3. The van der Waals surface area contributed by atoms with E-state index in [4.69, 9.17) is 10.00 Å². The molecule has 0 atom stereocenters. The standard InChI is InChI=1S/C15H13BrN2O/c1-19-14-4-2-3-11(7-14)10-18-15-8-13(16)6-5-12(15)9-17/h2-8,18H,10H2,1H3. The second kappa shape index (κ2) is 6.26. The van der Waals surface area contributed by atoms with E-state index in [1.807, 2.05) is 36.4 Å². The lowest BCUT2D eigenvalue weighted by Gasteiger charge is -2.09. The van der Waals surface area contributed by atoms with Crippen molar-refractivity contribution in [3.8, 4) is 11.8 Å². The maximum absolute atomic E-state index is 9.06. The Bertz CT molecular complexity index is 620. The van der Waals surface area contributed by atoms with E-state index in [0.29, 0.717) is 12.1 Å². The minimum absolute atomic E-state index is 0.631. The maximum Gasteiger partial charge on any atom is 0.119 e. The Hall–Kier alpha value is -1.99. The van der Waals surface area contributed by atoms with Gasteiger partial charge in [0.05, 0.1) is 18.4 Å². The second-order valence-corrected chi connectivity index (χ2v) is 4.92. The van der Waals surface area contributed by atoms with Crippen LogP contribution in [-0.4, -0.2) is 7.11 Å². The Morgan fingerprint density at radius 2 is 2.11 bits per heavy atom. The van der Waals surface area contributed by atoms with Crippen LogP contribution in [0, 0.1) is 11.3 Å². The molecule has 0 aliphatic heterocycles. The summed E-state index contributed by atoms with van der Waals surface area (Å²) in [6.07, 6.45) is 0. The third-order valence-corrected chi connectivity index (χ3v) is 3.21. The molecule has 0 saturated carbocycles. The number of ether oxygens (including phenoxy) is 1. The molecule has 2 rings (SSSR count).